The standard InChI is InChI=1S/C8H9NO2S/c1-12(10,11)8-4-2-7(6-9)3-5-8/h2-5,12H,1H3,(H,10,11). The van der Waals surface area contributed by atoms with Crippen LogP contribution >= 0.6 is 0 Å². The molecule has 0 amide bonds. The van der Waals surface area contributed by atoms with Crippen LogP contribution in [-0.4, -0.2) is 15.0 Å². The van der Waals surface area contributed by atoms with E-state index in [9.17, 15) is 4.21 Å². The van der Waals surface area contributed by atoms with E-state index in [0.717, 1.165) is 0 Å². The Labute approximate surface area is 71.9 Å². The predicted molar refractivity (Wildman–Crippen MR) is 47.5 cm³/mol. The van der Waals surface area contributed by atoms with Gasteiger partial charge in [0.1, 0.15) is 0 Å². The lowest BCUT2D eigenvalue weighted by Crippen LogP contribution is -2.06. The van der Waals surface area contributed by atoms with E-state index in [4.69, 9.17) is 9.81 Å². The fraction of sp³-hybridized carbons (Fsp3) is 0.125. The van der Waals surface area contributed by atoms with Crippen molar-refractivity contribution in [2.24, 2.45) is 0 Å². The average molecular weight is 183 g/mol. The Balaban J connectivity index is 3.11. The quantitative estimate of drug-likeness (QED) is 0.639. The summed E-state index contributed by atoms with van der Waals surface area (Å²) in [5.41, 5.74) is 0.493. The predicted octanol–water partition coefficient (Wildman–Crippen LogP) is 1.04. The average Bonchev–Trinajstić information content (AvgIpc) is 2.03. The van der Waals surface area contributed by atoms with Crippen molar-refractivity contribution in [3.63, 3.8) is 0 Å². The molecule has 0 bridgehead atoms. The number of nitriles is 1. The van der Waals surface area contributed by atoms with Crippen LogP contribution in [0, 0.1) is 11.3 Å². The maximum Gasteiger partial charge on any atom is 0.0991 e. The Bertz CT molecular complexity index is 358. The van der Waals surface area contributed by atoms with Crippen molar-refractivity contribution < 1.29 is 8.76 Å². The van der Waals surface area contributed by atoms with Crippen molar-refractivity contribution in [2.45, 2.75) is 4.90 Å². The van der Waals surface area contributed by atoms with E-state index in [-0.39, 0.29) is 0 Å². The van der Waals surface area contributed by atoms with Crippen LogP contribution in [0.3, 0.4) is 0 Å². The molecule has 0 aliphatic rings. The number of nitrogens with zero attached hydrogens (tertiary/aromatic N) is 1. The first-order valence-electron chi connectivity index (χ1n) is 3.35. The molecule has 1 aromatic carbocycles. The van der Waals surface area contributed by atoms with Crippen LogP contribution in [0.25, 0.3) is 0 Å². The molecule has 0 radical (unpaired) electrons. The van der Waals surface area contributed by atoms with Crippen molar-refractivity contribution in [1.82, 2.24) is 0 Å². The highest BCUT2D eigenvalue weighted by molar-refractivity contribution is 7.97. The van der Waals surface area contributed by atoms with Gasteiger partial charge in [0, 0.05) is 6.26 Å². The molecule has 0 heterocycles. The van der Waals surface area contributed by atoms with Crippen LogP contribution in [0.2, 0.25) is 0 Å². The summed E-state index contributed by atoms with van der Waals surface area (Å²) in [5, 5.41) is 8.45. The van der Waals surface area contributed by atoms with Crippen molar-refractivity contribution in [3.05, 3.63) is 29.8 Å². The van der Waals surface area contributed by atoms with Crippen LogP contribution in [0.5, 0.6) is 0 Å². The SMILES string of the molecule is C[SH](=O)(O)c1ccc(C#N)cc1. The fourth-order valence-corrected chi connectivity index (χ4v) is 1.51. The zero-order valence-corrected chi connectivity index (χ0v) is 7.45. The molecule has 3 nitrogen and oxygen atoms in total. The third kappa shape index (κ3) is 1.91. The summed E-state index contributed by atoms with van der Waals surface area (Å²) in [6.07, 6.45) is 1.27. The summed E-state index contributed by atoms with van der Waals surface area (Å²) >= 11 is 0. The number of hydrogen-bond acceptors (Lipinski definition) is 2. The summed E-state index contributed by atoms with van der Waals surface area (Å²) in [6.45, 7) is 0. The lowest BCUT2D eigenvalue weighted by atomic mass is 10.2. The van der Waals surface area contributed by atoms with Crippen LogP contribution in [-0.2, 0) is 10.2 Å². The molecular formula is C8H9NO2S. The molecule has 0 saturated carbocycles. The van der Waals surface area contributed by atoms with Crippen molar-refractivity contribution in [1.29, 1.82) is 5.26 Å². The molecule has 1 N–H and O–H groups in total. The largest absolute Gasteiger partial charge is 0.301 e. The first kappa shape index (κ1) is 8.91. The molecule has 1 aromatic rings. The molecule has 64 valence electrons. The molecular weight excluding hydrogens is 174 g/mol. The van der Waals surface area contributed by atoms with Gasteiger partial charge in [-0.3, -0.25) is 0 Å². The third-order valence-corrected chi connectivity index (χ3v) is 2.73. The monoisotopic (exact) mass is 183 g/mol. The minimum Gasteiger partial charge on any atom is -0.301 e. The Morgan fingerprint density at radius 3 is 2.25 bits per heavy atom. The number of thiol groups is 1. The molecule has 0 fully saturated rings. The maximum atomic E-state index is 11.1. The smallest absolute Gasteiger partial charge is 0.0991 e. The van der Waals surface area contributed by atoms with Crippen molar-refractivity contribution >= 4 is 10.2 Å². The van der Waals surface area contributed by atoms with Gasteiger partial charge >= 0.3 is 0 Å². The first-order chi connectivity index (χ1) is 5.54. The van der Waals surface area contributed by atoms with Gasteiger partial charge in [-0.2, -0.15) is 15.5 Å². The Morgan fingerprint density at radius 1 is 1.42 bits per heavy atom. The molecule has 1 rings (SSSR count). The van der Waals surface area contributed by atoms with Crippen LogP contribution < -0.4 is 0 Å². The van der Waals surface area contributed by atoms with E-state index in [1.165, 1.54) is 30.5 Å². The van der Waals surface area contributed by atoms with Gasteiger partial charge < -0.3 is 4.55 Å². The molecule has 4 heteroatoms. The van der Waals surface area contributed by atoms with Gasteiger partial charge in [0.25, 0.3) is 0 Å². The third-order valence-electron chi connectivity index (χ3n) is 1.48. The van der Waals surface area contributed by atoms with Gasteiger partial charge in [-0.1, -0.05) is 0 Å². The molecule has 0 aromatic heterocycles. The Morgan fingerprint density at radius 2 is 1.92 bits per heavy atom. The van der Waals surface area contributed by atoms with E-state index in [1.807, 2.05) is 6.07 Å². The normalized spacial score (nSPS) is 12.1. The van der Waals surface area contributed by atoms with Crippen LogP contribution in [0.15, 0.2) is 29.2 Å². The lowest BCUT2D eigenvalue weighted by Gasteiger charge is -2.15. The molecule has 12 heavy (non-hydrogen) atoms. The van der Waals surface area contributed by atoms with E-state index < -0.39 is 10.2 Å². The second-order valence-electron chi connectivity index (χ2n) is 2.54. The molecule has 0 atom stereocenters. The topological polar surface area (TPSA) is 61.1 Å². The first-order valence-corrected chi connectivity index (χ1v) is 5.46. The van der Waals surface area contributed by atoms with E-state index in [0.29, 0.717) is 10.5 Å². The molecule has 0 saturated heterocycles. The highest BCUT2D eigenvalue weighted by Crippen LogP contribution is 2.13. The zero-order chi connectivity index (χ0) is 9.19. The van der Waals surface area contributed by atoms with Crippen molar-refractivity contribution in [2.75, 3.05) is 6.26 Å². The Kier molecular flexibility index (Phi) is 2.27. The van der Waals surface area contributed by atoms with E-state index in [2.05, 4.69) is 0 Å². The van der Waals surface area contributed by atoms with Gasteiger partial charge in [0.2, 0.25) is 0 Å². The molecule has 0 spiro atoms. The van der Waals surface area contributed by atoms with Gasteiger partial charge in [0.05, 0.1) is 16.5 Å². The summed E-state index contributed by atoms with van der Waals surface area (Å²) in [7, 11) is -3.16. The summed E-state index contributed by atoms with van der Waals surface area (Å²) in [4.78, 5) is 0.376. The van der Waals surface area contributed by atoms with Gasteiger partial charge in [-0.15, -0.1) is 0 Å². The second-order valence-corrected chi connectivity index (χ2v) is 4.81. The lowest BCUT2D eigenvalue weighted by molar-refractivity contribution is 0.547. The fourth-order valence-electron chi connectivity index (χ4n) is 0.813. The highest BCUT2D eigenvalue weighted by Gasteiger charge is 2.00. The number of hydrogen-bond donors (Lipinski definition) is 2. The Hall–Kier alpha value is -1.18. The molecule has 0 aliphatic heterocycles. The molecule has 0 aliphatic carbocycles. The van der Waals surface area contributed by atoms with Crippen molar-refractivity contribution in [3.8, 4) is 6.07 Å². The van der Waals surface area contributed by atoms with E-state index >= 15 is 0 Å². The summed E-state index contributed by atoms with van der Waals surface area (Å²) in [5.74, 6) is 0. The highest BCUT2D eigenvalue weighted by atomic mass is 32.3. The van der Waals surface area contributed by atoms with E-state index in [1.54, 1.807) is 0 Å². The number of benzene rings is 1. The summed E-state index contributed by atoms with van der Waals surface area (Å²) < 4.78 is 20.2. The minimum atomic E-state index is -3.16. The van der Waals surface area contributed by atoms with Gasteiger partial charge in [-0.25, -0.2) is 4.21 Å². The van der Waals surface area contributed by atoms with Gasteiger partial charge in [0.15, 0.2) is 0 Å². The van der Waals surface area contributed by atoms with Gasteiger partial charge in [-0.05, 0) is 24.3 Å². The maximum absolute atomic E-state index is 11.1. The minimum absolute atomic E-state index is 0.376. The summed E-state index contributed by atoms with van der Waals surface area (Å²) in [6, 6.07) is 7.99. The second kappa shape index (κ2) is 3.05. The van der Waals surface area contributed by atoms with Crippen LogP contribution in [0.4, 0.5) is 0 Å². The molecule has 0 unspecified atom stereocenters. The zero-order valence-electron chi connectivity index (χ0n) is 6.56. The number of rotatable bonds is 1. The van der Waals surface area contributed by atoms with Crippen LogP contribution in [0.1, 0.15) is 5.56 Å².